The topological polar surface area (TPSA) is 46.5 Å². The molecule has 0 radical (unpaired) electrons. The normalized spacial score (nSPS) is 29.7. The number of esters is 1. The van der Waals surface area contributed by atoms with Crippen molar-refractivity contribution in [2.75, 3.05) is 0 Å². The van der Waals surface area contributed by atoms with Crippen LogP contribution in [0.15, 0.2) is 12.2 Å². The fourth-order valence-corrected chi connectivity index (χ4v) is 2.76. The lowest BCUT2D eigenvalue weighted by Crippen LogP contribution is -2.39. The van der Waals surface area contributed by atoms with Gasteiger partial charge in [-0.3, -0.25) is 0 Å². The predicted octanol–water partition coefficient (Wildman–Crippen LogP) is 3.22. The zero-order valence-corrected chi connectivity index (χ0v) is 11.9. The van der Waals surface area contributed by atoms with Gasteiger partial charge in [-0.1, -0.05) is 33.3 Å². The Morgan fingerprint density at radius 3 is 2.78 bits per heavy atom. The average Bonchev–Trinajstić information content (AvgIpc) is 2.27. The second-order valence-corrected chi connectivity index (χ2v) is 5.85. The number of carbonyl (C=O) groups excluding carboxylic acids is 1. The van der Waals surface area contributed by atoms with Crippen LogP contribution in [-0.4, -0.2) is 22.8 Å². The van der Waals surface area contributed by atoms with Crippen molar-refractivity contribution in [1.29, 1.82) is 0 Å². The van der Waals surface area contributed by atoms with E-state index in [9.17, 15) is 9.90 Å². The maximum Gasteiger partial charge on any atom is 0.333 e. The lowest BCUT2D eigenvalue weighted by atomic mass is 9.76. The van der Waals surface area contributed by atoms with E-state index in [0.717, 1.165) is 25.7 Å². The Morgan fingerprint density at radius 2 is 2.28 bits per heavy atom. The lowest BCUT2D eigenvalue weighted by molar-refractivity contribution is -0.148. The fourth-order valence-electron chi connectivity index (χ4n) is 2.76. The van der Waals surface area contributed by atoms with Gasteiger partial charge in [0.1, 0.15) is 6.10 Å². The second kappa shape index (κ2) is 6.37. The van der Waals surface area contributed by atoms with Gasteiger partial charge in [0, 0.05) is 12.0 Å². The molecule has 0 aliphatic heterocycles. The smallest absolute Gasteiger partial charge is 0.333 e. The first-order chi connectivity index (χ1) is 8.36. The highest BCUT2D eigenvalue weighted by Gasteiger charge is 2.35. The largest absolute Gasteiger partial charge is 0.459 e. The Bertz CT molecular complexity index is 311. The number of rotatable bonds is 5. The van der Waals surface area contributed by atoms with Gasteiger partial charge in [0.25, 0.3) is 0 Å². The molecule has 1 aliphatic rings. The Labute approximate surface area is 110 Å². The Morgan fingerprint density at radius 1 is 1.61 bits per heavy atom. The van der Waals surface area contributed by atoms with Crippen LogP contribution in [0, 0.1) is 5.92 Å². The minimum Gasteiger partial charge on any atom is -0.459 e. The van der Waals surface area contributed by atoms with E-state index in [1.165, 1.54) is 6.42 Å². The van der Waals surface area contributed by atoms with Crippen molar-refractivity contribution in [3.8, 4) is 0 Å². The summed E-state index contributed by atoms with van der Waals surface area (Å²) in [7, 11) is 0. The standard InChI is InChI=1S/C15H26O3/c1-5-13(18-14(16)11(2)3)10-15(17)8-6-7-12(4)9-15/h12-13,17H,2,5-10H2,1,3-4H3. The van der Waals surface area contributed by atoms with Crippen molar-refractivity contribution >= 4 is 5.97 Å². The second-order valence-electron chi connectivity index (χ2n) is 5.85. The van der Waals surface area contributed by atoms with Crippen LogP contribution in [0.5, 0.6) is 0 Å². The third-order valence-electron chi connectivity index (χ3n) is 3.75. The summed E-state index contributed by atoms with van der Waals surface area (Å²) in [5, 5.41) is 10.6. The van der Waals surface area contributed by atoms with Crippen LogP contribution in [0.3, 0.4) is 0 Å². The number of hydrogen-bond donors (Lipinski definition) is 1. The van der Waals surface area contributed by atoms with Gasteiger partial charge in [0.2, 0.25) is 0 Å². The van der Waals surface area contributed by atoms with Gasteiger partial charge < -0.3 is 9.84 Å². The highest BCUT2D eigenvalue weighted by molar-refractivity contribution is 5.87. The van der Waals surface area contributed by atoms with E-state index in [1.54, 1.807) is 6.92 Å². The summed E-state index contributed by atoms with van der Waals surface area (Å²) in [6, 6.07) is 0. The molecule has 1 aliphatic carbocycles. The molecular formula is C15H26O3. The van der Waals surface area contributed by atoms with Gasteiger partial charge in [-0.15, -0.1) is 0 Å². The predicted molar refractivity (Wildman–Crippen MR) is 72.2 cm³/mol. The molecular weight excluding hydrogens is 228 g/mol. The molecule has 3 atom stereocenters. The summed E-state index contributed by atoms with van der Waals surface area (Å²) in [5.74, 6) is 0.201. The van der Waals surface area contributed by atoms with Crippen LogP contribution < -0.4 is 0 Å². The number of ether oxygens (including phenoxy) is 1. The minimum atomic E-state index is -0.659. The molecule has 1 N–H and O–H groups in total. The maximum absolute atomic E-state index is 11.5. The minimum absolute atomic E-state index is 0.204. The first-order valence-corrected chi connectivity index (χ1v) is 6.95. The summed E-state index contributed by atoms with van der Waals surface area (Å²) in [6.45, 7) is 9.38. The molecule has 1 fully saturated rings. The molecule has 0 aromatic carbocycles. The van der Waals surface area contributed by atoms with Crippen molar-refractivity contribution in [3.63, 3.8) is 0 Å². The zero-order chi connectivity index (χ0) is 13.8. The Balaban J connectivity index is 2.56. The number of aliphatic hydroxyl groups is 1. The van der Waals surface area contributed by atoms with Crippen molar-refractivity contribution < 1.29 is 14.6 Å². The summed E-state index contributed by atoms with van der Waals surface area (Å²) >= 11 is 0. The van der Waals surface area contributed by atoms with Crippen LogP contribution in [0.4, 0.5) is 0 Å². The van der Waals surface area contributed by atoms with Crippen LogP contribution in [0.25, 0.3) is 0 Å². The van der Waals surface area contributed by atoms with Crippen molar-refractivity contribution in [1.82, 2.24) is 0 Å². The molecule has 3 unspecified atom stereocenters. The van der Waals surface area contributed by atoms with Gasteiger partial charge in [-0.25, -0.2) is 4.79 Å². The first-order valence-electron chi connectivity index (χ1n) is 6.95. The molecule has 3 nitrogen and oxygen atoms in total. The molecule has 104 valence electrons. The molecule has 1 rings (SSSR count). The molecule has 3 heteroatoms. The van der Waals surface area contributed by atoms with Crippen LogP contribution >= 0.6 is 0 Å². The van der Waals surface area contributed by atoms with Gasteiger partial charge in [-0.2, -0.15) is 0 Å². The molecule has 0 bridgehead atoms. The maximum atomic E-state index is 11.5. The Kier molecular flexibility index (Phi) is 5.39. The van der Waals surface area contributed by atoms with Crippen LogP contribution in [0.1, 0.15) is 59.3 Å². The monoisotopic (exact) mass is 254 g/mol. The molecule has 18 heavy (non-hydrogen) atoms. The highest BCUT2D eigenvalue weighted by atomic mass is 16.5. The first kappa shape index (κ1) is 15.2. The quantitative estimate of drug-likeness (QED) is 0.605. The summed E-state index contributed by atoms with van der Waals surface area (Å²) in [4.78, 5) is 11.5. The molecule has 0 saturated heterocycles. The Hall–Kier alpha value is -0.830. The zero-order valence-electron chi connectivity index (χ0n) is 11.9. The third-order valence-corrected chi connectivity index (χ3v) is 3.75. The summed E-state index contributed by atoms with van der Waals surface area (Å²) in [6.07, 6.45) is 4.95. The van der Waals surface area contributed by atoms with E-state index in [1.807, 2.05) is 6.92 Å². The van der Waals surface area contributed by atoms with E-state index < -0.39 is 5.60 Å². The van der Waals surface area contributed by atoms with Gasteiger partial charge in [0.05, 0.1) is 5.60 Å². The summed E-state index contributed by atoms with van der Waals surface area (Å²) in [5.41, 5.74) is -0.245. The average molecular weight is 254 g/mol. The van der Waals surface area contributed by atoms with E-state index in [-0.39, 0.29) is 12.1 Å². The lowest BCUT2D eigenvalue weighted by Gasteiger charge is -2.37. The molecule has 0 heterocycles. The molecule has 1 saturated carbocycles. The summed E-state index contributed by atoms with van der Waals surface area (Å²) < 4.78 is 5.37. The van der Waals surface area contributed by atoms with Crippen LogP contribution in [-0.2, 0) is 9.53 Å². The van der Waals surface area contributed by atoms with E-state index in [0.29, 0.717) is 17.9 Å². The molecule has 0 aromatic rings. The van der Waals surface area contributed by atoms with E-state index in [4.69, 9.17) is 4.74 Å². The fraction of sp³-hybridized carbons (Fsp3) is 0.800. The SMILES string of the molecule is C=C(C)C(=O)OC(CC)CC1(O)CCCC(C)C1. The van der Waals surface area contributed by atoms with Gasteiger partial charge in [0.15, 0.2) is 0 Å². The van der Waals surface area contributed by atoms with E-state index >= 15 is 0 Å². The highest BCUT2D eigenvalue weighted by Crippen LogP contribution is 2.36. The number of hydrogen-bond acceptors (Lipinski definition) is 3. The van der Waals surface area contributed by atoms with Crippen molar-refractivity contribution in [2.24, 2.45) is 5.92 Å². The van der Waals surface area contributed by atoms with Crippen molar-refractivity contribution in [3.05, 3.63) is 12.2 Å². The molecule has 0 amide bonds. The van der Waals surface area contributed by atoms with Crippen LogP contribution in [0.2, 0.25) is 0 Å². The van der Waals surface area contributed by atoms with Gasteiger partial charge in [-0.05, 0) is 32.1 Å². The third kappa shape index (κ3) is 4.45. The van der Waals surface area contributed by atoms with Crippen molar-refractivity contribution in [2.45, 2.75) is 71.0 Å². The van der Waals surface area contributed by atoms with Gasteiger partial charge >= 0.3 is 5.97 Å². The molecule has 0 spiro atoms. The number of carbonyl (C=O) groups is 1. The van der Waals surface area contributed by atoms with E-state index in [2.05, 4.69) is 13.5 Å². The molecule has 0 aromatic heterocycles.